The molecular formula is C21H34O2. The lowest BCUT2D eigenvalue weighted by Gasteiger charge is -1.95. The van der Waals surface area contributed by atoms with Gasteiger partial charge in [-0.2, -0.15) is 0 Å². The highest BCUT2D eigenvalue weighted by Gasteiger charge is 1.96. The van der Waals surface area contributed by atoms with Gasteiger partial charge in [-0.1, -0.05) is 68.4 Å². The molecular weight excluding hydrogens is 284 g/mol. The van der Waals surface area contributed by atoms with Crippen LogP contribution in [0.3, 0.4) is 0 Å². The lowest BCUT2D eigenvalue weighted by molar-refractivity contribution is -0.140. The second-order valence-electron chi connectivity index (χ2n) is 5.56. The van der Waals surface area contributed by atoms with Crippen molar-refractivity contribution in [3.05, 3.63) is 48.6 Å². The smallest absolute Gasteiger partial charge is 0.305 e. The zero-order valence-electron chi connectivity index (χ0n) is 15.0. The molecule has 0 amide bonds. The number of carbonyl (C=O) groups excluding carboxylic acids is 1. The molecule has 2 heteroatoms. The minimum atomic E-state index is -0.124. The Labute approximate surface area is 143 Å². The molecule has 23 heavy (non-hydrogen) atoms. The van der Waals surface area contributed by atoms with E-state index in [2.05, 4.69) is 60.3 Å². The van der Waals surface area contributed by atoms with Gasteiger partial charge in [0, 0.05) is 6.42 Å². The highest BCUT2D eigenvalue weighted by molar-refractivity contribution is 5.69. The van der Waals surface area contributed by atoms with E-state index in [0.29, 0.717) is 6.42 Å². The maximum absolute atomic E-state index is 10.9. The lowest BCUT2D eigenvalue weighted by Crippen LogP contribution is -1.98. The third-order valence-electron chi connectivity index (χ3n) is 3.44. The van der Waals surface area contributed by atoms with E-state index < -0.39 is 0 Å². The second-order valence-corrected chi connectivity index (χ2v) is 5.56. The van der Waals surface area contributed by atoms with Crippen molar-refractivity contribution in [2.24, 2.45) is 0 Å². The van der Waals surface area contributed by atoms with Gasteiger partial charge in [0.2, 0.25) is 0 Å². The first kappa shape index (κ1) is 21.4. The highest BCUT2D eigenvalue weighted by atomic mass is 16.5. The zero-order chi connectivity index (χ0) is 17.0. The quantitative estimate of drug-likeness (QED) is 0.213. The van der Waals surface area contributed by atoms with Crippen LogP contribution in [0, 0.1) is 0 Å². The van der Waals surface area contributed by atoms with Gasteiger partial charge in [-0.3, -0.25) is 4.79 Å². The molecule has 0 atom stereocenters. The van der Waals surface area contributed by atoms with Gasteiger partial charge < -0.3 is 4.74 Å². The minimum absolute atomic E-state index is 0.124. The first-order chi connectivity index (χ1) is 11.3. The number of methoxy groups -OCH3 is 1. The Morgan fingerprint density at radius 3 is 1.70 bits per heavy atom. The third kappa shape index (κ3) is 18.4. The fourth-order valence-corrected chi connectivity index (χ4v) is 2.03. The molecule has 0 saturated carbocycles. The molecule has 0 aromatic rings. The largest absolute Gasteiger partial charge is 0.469 e. The monoisotopic (exact) mass is 318 g/mol. The SMILES string of the molecule is CCCCC/C=C\C/C=C/C/C=C\C/C=C\CCCC(=O)OC. The Morgan fingerprint density at radius 2 is 1.22 bits per heavy atom. The number of allylic oxidation sites excluding steroid dienone is 8. The lowest BCUT2D eigenvalue weighted by atomic mass is 10.2. The van der Waals surface area contributed by atoms with Crippen LogP contribution >= 0.6 is 0 Å². The molecule has 0 aliphatic carbocycles. The first-order valence-corrected chi connectivity index (χ1v) is 8.98. The van der Waals surface area contributed by atoms with Crippen LogP contribution in [0.15, 0.2) is 48.6 Å². The van der Waals surface area contributed by atoms with Gasteiger partial charge in [0.15, 0.2) is 0 Å². The maximum Gasteiger partial charge on any atom is 0.305 e. The molecule has 2 nitrogen and oxygen atoms in total. The topological polar surface area (TPSA) is 26.3 Å². The third-order valence-corrected chi connectivity index (χ3v) is 3.44. The van der Waals surface area contributed by atoms with Gasteiger partial charge >= 0.3 is 5.97 Å². The van der Waals surface area contributed by atoms with Crippen molar-refractivity contribution in [2.45, 2.75) is 71.1 Å². The van der Waals surface area contributed by atoms with E-state index in [4.69, 9.17) is 0 Å². The predicted molar refractivity (Wildman–Crippen MR) is 100 cm³/mol. The molecule has 130 valence electrons. The number of unbranched alkanes of at least 4 members (excludes halogenated alkanes) is 4. The first-order valence-electron chi connectivity index (χ1n) is 8.98. The Bertz CT molecular complexity index is 375. The summed E-state index contributed by atoms with van der Waals surface area (Å²) in [5.74, 6) is -0.124. The summed E-state index contributed by atoms with van der Waals surface area (Å²) < 4.78 is 4.59. The summed E-state index contributed by atoms with van der Waals surface area (Å²) in [6, 6.07) is 0. The standard InChI is InChI=1S/C21H34O2/c1-3-4-5-6-7-8-9-10-11-12-13-14-15-16-17-18-19-20-21(22)23-2/h7-8,10-11,13-14,16-17H,3-6,9,12,15,18-20H2,1-2H3/b8-7-,11-10+,14-13-,17-16-. The van der Waals surface area contributed by atoms with E-state index in [1.54, 1.807) is 0 Å². The van der Waals surface area contributed by atoms with Crippen molar-refractivity contribution >= 4 is 5.97 Å². The van der Waals surface area contributed by atoms with Gasteiger partial charge in [-0.25, -0.2) is 0 Å². The normalized spacial score (nSPS) is 12.3. The molecule has 0 N–H and O–H groups in total. The van der Waals surface area contributed by atoms with Crippen molar-refractivity contribution in [3.8, 4) is 0 Å². The van der Waals surface area contributed by atoms with Crippen LogP contribution in [0.2, 0.25) is 0 Å². The summed E-state index contributed by atoms with van der Waals surface area (Å²) in [6.07, 6.45) is 28.1. The molecule has 0 rings (SSSR count). The van der Waals surface area contributed by atoms with E-state index in [1.807, 2.05) is 0 Å². The number of ether oxygens (including phenoxy) is 1. The van der Waals surface area contributed by atoms with Crippen LogP contribution in [-0.2, 0) is 9.53 Å². The van der Waals surface area contributed by atoms with Crippen LogP contribution < -0.4 is 0 Å². The number of carbonyl (C=O) groups is 1. The molecule has 0 fully saturated rings. The Morgan fingerprint density at radius 1 is 0.739 bits per heavy atom. The molecule has 0 radical (unpaired) electrons. The Hall–Kier alpha value is -1.57. The fourth-order valence-electron chi connectivity index (χ4n) is 2.03. The van der Waals surface area contributed by atoms with Crippen LogP contribution in [-0.4, -0.2) is 13.1 Å². The van der Waals surface area contributed by atoms with Gasteiger partial charge in [0.1, 0.15) is 0 Å². The molecule has 0 heterocycles. The molecule has 0 aromatic heterocycles. The number of hydrogen-bond donors (Lipinski definition) is 0. The minimum Gasteiger partial charge on any atom is -0.469 e. The van der Waals surface area contributed by atoms with Crippen molar-refractivity contribution in [1.29, 1.82) is 0 Å². The maximum atomic E-state index is 10.9. The van der Waals surface area contributed by atoms with Gasteiger partial charge in [-0.05, 0) is 44.9 Å². The van der Waals surface area contributed by atoms with E-state index in [0.717, 1.165) is 32.1 Å². The summed E-state index contributed by atoms with van der Waals surface area (Å²) in [5.41, 5.74) is 0. The van der Waals surface area contributed by atoms with Crippen molar-refractivity contribution in [2.75, 3.05) is 7.11 Å². The van der Waals surface area contributed by atoms with Crippen LogP contribution in [0.1, 0.15) is 71.1 Å². The van der Waals surface area contributed by atoms with Gasteiger partial charge in [-0.15, -0.1) is 0 Å². The highest BCUT2D eigenvalue weighted by Crippen LogP contribution is 2.01. The Balaban J connectivity index is 3.42. The second kappa shape index (κ2) is 18.5. The van der Waals surface area contributed by atoms with Crippen molar-refractivity contribution in [3.63, 3.8) is 0 Å². The molecule has 0 aliphatic heterocycles. The van der Waals surface area contributed by atoms with E-state index in [-0.39, 0.29) is 5.97 Å². The molecule has 0 saturated heterocycles. The van der Waals surface area contributed by atoms with Crippen molar-refractivity contribution in [1.82, 2.24) is 0 Å². The zero-order valence-corrected chi connectivity index (χ0v) is 15.0. The van der Waals surface area contributed by atoms with Gasteiger partial charge in [0.05, 0.1) is 7.11 Å². The summed E-state index contributed by atoms with van der Waals surface area (Å²) in [5, 5.41) is 0. The summed E-state index contributed by atoms with van der Waals surface area (Å²) >= 11 is 0. The van der Waals surface area contributed by atoms with E-state index in [9.17, 15) is 4.79 Å². The van der Waals surface area contributed by atoms with Crippen LogP contribution in [0.25, 0.3) is 0 Å². The van der Waals surface area contributed by atoms with E-state index in [1.165, 1.54) is 32.8 Å². The molecule has 0 unspecified atom stereocenters. The molecule has 0 spiro atoms. The van der Waals surface area contributed by atoms with Crippen molar-refractivity contribution < 1.29 is 9.53 Å². The fraction of sp³-hybridized carbons (Fsp3) is 0.571. The summed E-state index contributed by atoms with van der Waals surface area (Å²) in [6.45, 7) is 2.24. The summed E-state index contributed by atoms with van der Waals surface area (Å²) in [4.78, 5) is 10.9. The summed E-state index contributed by atoms with van der Waals surface area (Å²) in [7, 11) is 1.43. The number of hydrogen-bond acceptors (Lipinski definition) is 2. The average Bonchev–Trinajstić information content (AvgIpc) is 2.57. The molecule has 0 aliphatic rings. The van der Waals surface area contributed by atoms with Crippen LogP contribution in [0.5, 0.6) is 0 Å². The molecule has 0 aromatic carbocycles. The van der Waals surface area contributed by atoms with Crippen LogP contribution in [0.4, 0.5) is 0 Å². The number of rotatable bonds is 14. The molecule has 0 bridgehead atoms. The Kier molecular flexibility index (Phi) is 17.2. The van der Waals surface area contributed by atoms with Gasteiger partial charge in [0.25, 0.3) is 0 Å². The number of esters is 1. The predicted octanol–water partition coefficient (Wildman–Crippen LogP) is 6.31. The average molecular weight is 319 g/mol. The van der Waals surface area contributed by atoms with E-state index >= 15 is 0 Å².